The lowest BCUT2D eigenvalue weighted by Gasteiger charge is -2.11. The van der Waals surface area contributed by atoms with Gasteiger partial charge in [0.2, 0.25) is 0 Å². The van der Waals surface area contributed by atoms with E-state index in [4.69, 9.17) is 9.97 Å². The largest absolute Gasteiger partial charge is 0.355 e. The number of rotatable bonds is 1. The van der Waals surface area contributed by atoms with Crippen LogP contribution in [0.4, 0.5) is 0 Å². The van der Waals surface area contributed by atoms with E-state index in [1.54, 1.807) is 0 Å². The Morgan fingerprint density at radius 3 is 1.58 bits per heavy atom. The Hall–Kier alpha value is -5.22. The minimum absolute atomic E-state index is 0.912. The first kappa shape index (κ1) is 20.9. The van der Waals surface area contributed by atoms with E-state index < -0.39 is 0 Å². The Balaban J connectivity index is 1.50. The fraction of sp³-hybridized carbons (Fsp3) is 0. The van der Waals surface area contributed by atoms with Crippen LogP contribution >= 0.6 is 0 Å². The van der Waals surface area contributed by atoms with Gasteiger partial charge in [-0.1, -0.05) is 48.5 Å². The summed E-state index contributed by atoms with van der Waals surface area (Å²) in [5, 5.41) is 4.91. The zero-order valence-corrected chi connectivity index (χ0v) is 20.4. The summed E-state index contributed by atoms with van der Waals surface area (Å²) in [7, 11) is 0. The van der Waals surface area contributed by atoms with Gasteiger partial charge in [0, 0.05) is 27.6 Å². The molecule has 0 atom stereocenters. The number of nitrogens with one attached hydrogen (secondary N) is 2. The molecule has 0 saturated carbocycles. The monoisotopic (exact) mass is 486 g/mol. The van der Waals surface area contributed by atoms with Crippen molar-refractivity contribution < 1.29 is 0 Å². The molecule has 178 valence electrons. The average molecular weight is 487 g/mol. The highest BCUT2D eigenvalue weighted by Gasteiger charge is 2.14. The predicted octanol–water partition coefficient (Wildman–Crippen LogP) is 8.63. The number of nitrogens with zero attached hydrogens (tertiary/aromatic N) is 2. The molecule has 0 radical (unpaired) electrons. The van der Waals surface area contributed by atoms with Gasteiger partial charge in [-0.05, 0) is 99.9 Å². The summed E-state index contributed by atoms with van der Waals surface area (Å²) in [6.45, 7) is 0. The smallest absolute Gasteiger partial charge is 0.0658 e. The molecule has 0 aliphatic carbocycles. The topological polar surface area (TPSA) is 57.4 Å². The van der Waals surface area contributed by atoms with Crippen molar-refractivity contribution in [1.82, 2.24) is 19.9 Å². The molecule has 8 rings (SSSR count). The quantitative estimate of drug-likeness (QED) is 0.228. The summed E-state index contributed by atoms with van der Waals surface area (Å²) < 4.78 is 0. The molecule has 8 bridgehead atoms. The highest BCUT2D eigenvalue weighted by Crippen LogP contribution is 2.39. The van der Waals surface area contributed by atoms with Crippen molar-refractivity contribution in [3.8, 4) is 11.1 Å². The third-order valence-corrected chi connectivity index (χ3v) is 7.21. The van der Waals surface area contributed by atoms with Crippen molar-refractivity contribution >= 4 is 67.9 Å². The second-order valence-electron chi connectivity index (χ2n) is 9.78. The van der Waals surface area contributed by atoms with Crippen LogP contribution in [0.5, 0.6) is 0 Å². The van der Waals surface area contributed by atoms with Crippen LogP contribution in [0.1, 0.15) is 22.8 Å². The van der Waals surface area contributed by atoms with E-state index in [1.165, 1.54) is 27.1 Å². The molecule has 0 amide bonds. The van der Waals surface area contributed by atoms with Crippen molar-refractivity contribution in [2.45, 2.75) is 0 Å². The van der Waals surface area contributed by atoms with Gasteiger partial charge in [-0.25, -0.2) is 9.97 Å². The van der Waals surface area contributed by atoms with E-state index in [2.05, 4.69) is 125 Å². The zero-order chi connectivity index (χ0) is 25.1. The number of aromatic amines is 2. The highest BCUT2D eigenvalue weighted by molar-refractivity contribution is 6.15. The normalized spacial score (nSPS) is 12.5. The average Bonchev–Trinajstić information content (AvgIpc) is 3.73. The molecular formula is C34H22N4. The van der Waals surface area contributed by atoms with Gasteiger partial charge in [0.05, 0.1) is 22.8 Å². The molecule has 3 aromatic heterocycles. The van der Waals surface area contributed by atoms with Crippen LogP contribution in [0.2, 0.25) is 0 Å². The lowest BCUT2D eigenvalue weighted by atomic mass is 9.92. The lowest BCUT2D eigenvalue weighted by Crippen LogP contribution is -1.85. The minimum Gasteiger partial charge on any atom is -0.355 e. The third kappa shape index (κ3) is 3.54. The van der Waals surface area contributed by atoms with Crippen molar-refractivity contribution in [2.24, 2.45) is 0 Å². The van der Waals surface area contributed by atoms with Crippen LogP contribution in [0.25, 0.3) is 79.0 Å². The lowest BCUT2D eigenvalue weighted by molar-refractivity contribution is 1.31. The maximum atomic E-state index is 4.89. The standard InChI is InChI=1S/C34H22N4/c1-3-7-30-21(5-1)15-22-6-2-4-8-31(22)34(30)32-19-29-18-27-12-11-25(36-27)16-23-9-10-24(35-23)17-26-13-14-28(37-26)20-33(32)38-29/h1-20,35,38H. The molecule has 4 heteroatoms. The van der Waals surface area contributed by atoms with E-state index >= 15 is 0 Å². The highest BCUT2D eigenvalue weighted by atomic mass is 14.8. The number of hydrogen-bond acceptors (Lipinski definition) is 2. The van der Waals surface area contributed by atoms with Gasteiger partial charge in [0.15, 0.2) is 0 Å². The van der Waals surface area contributed by atoms with Gasteiger partial charge in [-0.15, -0.1) is 0 Å². The molecule has 2 aliphatic rings. The summed E-state index contributed by atoms with van der Waals surface area (Å²) in [6.07, 6.45) is 8.23. The molecule has 6 aromatic rings. The molecule has 0 spiro atoms. The first-order chi connectivity index (χ1) is 18.7. The first-order valence-corrected chi connectivity index (χ1v) is 12.7. The minimum atomic E-state index is 0.912. The van der Waals surface area contributed by atoms with E-state index in [9.17, 15) is 0 Å². The van der Waals surface area contributed by atoms with E-state index in [0.717, 1.165) is 50.4 Å². The molecule has 0 fully saturated rings. The van der Waals surface area contributed by atoms with E-state index in [1.807, 2.05) is 6.08 Å². The van der Waals surface area contributed by atoms with Crippen LogP contribution in [-0.4, -0.2) is 19.9 Å². The molecule has 0 unspecified atom stereocenters. The van der Waals surface area contributed by atoms with Crippen LogP contribution in [-0.2, 0) is 0 Å². The Bertz CT molecular complexity index is 2090. The van der Waals surface area contributed by atoms with Gasteiger partial charge in [0.1, 0.15) is 0 Å². The summed E-state index contributed by atoms with van der Waals surface area (Å²) in [5.41, 5.74) is 10.1. The van der Waals surface area contributed by atoms with E-state index in [-0.39, 0.29) is 0 Å². The van der Waals surface area contributed by atoms with Gasteiger partial charge >= 0.3 is 0 Å². The molecule has 4 nitrogen and oxygen atoms in total. The molecule has 0 saturated heterocycles. The second kappa shape index (κ2) is 8.15. The zero-order valence-electron chi connectivity index (χ0n) is 20.4. The number of benzene rings is 3. The van der Waals surface area contributed by atoms with Crippen molar-refractivity contribution in [3.05, 3.63) is 120 Å². The van der Waals surface area contributed by atoms with Gasteiger partial charge < -0.3 is 9.97 Å². The molecule has 3 aromatic carbocycles. The number of aromatic nitrogens is 4. The summed E-state index contributed by atoms with van der Waals surface area (Å²) >= 11 is 0. The maximum absolute atomic E-state index is 4.89. The Morgan fingerprint density at radius 2 is 0.974 bits per heavy atom. The Labute approximate surface area is 218 Å². The summed E-state index contributed by atoms with van der Waals surface area (Å²) in [6, 6.07) is 34.3. The maximum Gasteiger partial charge on any atom is 0.0658 e. The second-order valence-corrected chi connectivity index (χ2v) is 9.78. The predicted molar refractivity (Wildman–Crippen MR) is 159 cm³/mol. The Kier molecular flexibility index (Phi) is 4.49. The number of hydrogen-bond donors (Lipinski definition) is 2. The van der Waals surface area contributed by atoms with Crippen LogP contribution in [0, 0.1) is 0 Å². The van der Waals surface area contributed by atoms with Crippen molar-refractivity contribution in [1.29, 1.82) is 0 Å². The SMILES string of the molecule is C1=Cc2cc3cc(-c4c5ccccc5cc5ccccc45)c(cc4nc(cc5ccc(cc1n2)[nH]5)C=C4)[nH]3. The molecular weight excluding hydrogens is 464 g/mol. The van der Waals surface area contributed by atoms with Crippen LogP contribution < -0.4 is 0 Å². The summed E-state index contributed by atoms with van der Waals surface area (Å²) in [5.74, 6) is 0. The summed E-state index contributed by atoms with van der Waals surface area (Å²) in [4.78, 5) is 16.8. The molecule has 2 N–H and O–H groups in total. The third-order valence-electron chi connectivity index (χ3n) is 7.21. The van der Waals surface area contributed by atoms with Gasteiger partial charge in [-0.2, -0.15) is 0 Å². The molecule has 5 heterocycles. The fourth-order valence-electron chi connectivity index (χ4n) is 5.53. The molecule has 38 heavy (non-hydrogen) atoms. The first-order valence-electron chi connectivity index (χ1n) is 12.7. The van der Waals surface area contributed by atoms with Crippen LogP contribution in [0.15, 0.2) is 97.1 Å². The van der Waals surface area contributed by atoms with E-state index in [0.29, 0.717) is 0 Å². The Morgan fingerprint density at radius 1 is 0.447 bits per heavy atom. The van der Waals surface area contributed by atoms with Crippen LogP contribution in [0.3, 0.4) is 0 Å². The van der Waals surface area contributed by atoms with Gasteiger partial charge in [0.25, 0.3) is 0 Å². The van der Waals surface area contributed by atoms with Gasteiger partial charge in [-0.3, -0.25) is 0 Å². The fourth-order valence-corrected chi connectivity index (χ4v) is 5.53. The number of fused-ring (bicyclic) bond motifs is 10. The number of H-pyrrole nitrogens is 2. The molecule has 2 aliphatic heterocycles. The van der Waals surface area contributed by atoms with Crippen molar-refractivity contribution in [3.63, 3.8) is 0 Å². The van der Waals surface area contributed by atoms with Crippen molar-refractivity contribution in [2.75, 3.05) is 0 Å².